The molecule has 0 bridgehead atoms. The Morgan fingerprint density at radius 2 is 2.00 bits per heavy atom. The molecular weight excluding hydrogens is 311 g/mol. The highest BCUT2D eigenvalue weighted by Crippen LogP contribution is 2.26. The molecule has 0 heterocycles. The maximum atomic E-state index is 9.85. The van der Waals surface area contributed by atoms with E-state index in [-0.39, 0.29) is 6.61 Å². The van der Waals surface area contributed by atoms with Gasteiger partial charge in [-0.25, -0.2) is 0 Å². The number of likely N-dealkylation sites (N-methyl/N-ethyl adjacent to an activating group) is 1. The van der Waals surface area contributed by atoms with Crippen LogP contribution in [0, 0.1) is 0 Å². The lowest BCUT2D eigenvalue weighted by Gasteiger charge is -2.21. The normalized spacial score (nSPS) is 13.0. The van der Waals surface area contributed by atoms with Gasteiger partial charge in [-0.15, -0.1) is 0 Å². The highest BCUT2D eigenvalue weighted by atomic mass is 35.5. The lowest BCUT2D eigenvalue weighted by atomic mass is 10.3. The lowest BCUT2D eigenvalue weighted by Crippen LogP contribution is -2.38. The first-order valence-corrected chi connectivity index (χ1v) is 7.82. The minimum atomic E-state index is -0.566. The van der Waals surface area contributed by atoms with Crippen LogP contribution < -0.4 is 10.1 Å². The van der Waals surface area contributed by atoms with E-state index in [0.717, 1.165) is 13.1 Å². The number of halogens is 2. The van der Waals surface area contributed by atoms with Gasteiger partial charge >= 0.3 is 0 Å². The van der Waals surface area contributed by atoms with E-state index in [9.17, 15) is 5.11 Å². The van der Waals surface area contributed by atoms with Gasteiger partial charge in [-0.3, -0.25) is 0 Å². The molecule has 120 valence electrons. The van der Waals surface area contributed by atoms with Crippen molar-refractivity contribution in [2.24, 2.45) is 0 Å². The minimum absolute atomic E-state index is 0.213. The quantitative estimate of drug-likeness (QED) is 0.681. The van der Waals surface area contributed by atoms with Crippen LogP contribution in [0.1, 0.15) is 13.8 Å². The summed E-state index contributed by atoms with van der Waals surface area (Å²) in [6.07, 6.45) is -0.566. The Morgan fingerprint density at radius 1 is 1.29 bits per heavy atom. The number of hydrogen-bond acceptors (Lipinski definition) is 4. The topological polar surface area (TPSA) is 44.7 Å². The summed E-state index contributed by atoms with van der Waals surface area (Å²) in [5.41, 5.74) is 0. The van der Waals surface area contributed by atoms with Crippen LogP contribution in [0.25, 0.3) is 0 Å². The third-order valence-electron chi connectivity index (χ3n) is 3.24. The molecule has 1 aromatic rings. The summed E-state index contributed by atoms with van der Waals surface area (Å²) in [5, 5.41) is 14.0. The first-order chi connectivity index (χ1) is 9.90. The SMILES string of the molecule is CC(C)N(C)CCNCC(O)COc1ccc(Cl)c(Cl)c1. The highest BCUT2D eigenvalue weighted by Gasteiger charge is 2.07. The van der Waals surface area contributed by atoms with Gasteiger partial charge < -0.3 is 20.1 Å². The van der Waals surface area contributed by atoms with E-state index in [1.165, 1.54) is 0 Å². The molecule has 0 aliphatic heterocycles. The summed E-state index contributed by atoms with van der Waals surface area (Å²) < 4.78 is 5.48. The standard InChI is InChI=1S/C15H24Cl2N2O2/c1-11(2)19(3)7-6-18-9-12(20)10-21-13-4-5-14(16)15(17)8-13/h4-5,8,11-12,18,20H,6-7,9-10H2,1-3H3. The maximum absolute atomic E-state index is 9.85. The van der Waals surface area contributed by atoms with E-state index in [2.05, 4.69) is 31.1 Å². The van der Waals surface area contributed by atoms with Gasteiger partial charge in [0.1, 0.15) is 18.5 Å². The summed E-state index contributed by atoms with van der Waals surface area (Å²) in [6, 6.07) is 5.56. The Morgan fingerprint density at radius 3 is 2.62 bits per heavy atom. The van der Waals surface area contributed by atoms with Crippen molar-refractivity contribution < 1.29 is 9.84 Å². The molecule has 1 aromatic carbocycles. The molecule has 0 radical (unpaired) electrons. The third-order valence-corrected chi connectivity index (χ3v) is 3.98. The van der Waals surface area contributed by atoms with Crippen LogP contribution in [0.3, 0.4) is 0 Å². The summed E-state index contributed by atoms with van der Waals surface area (Å²) in [7, 11) is 2.08. The summed E-state index contributed by atoms with van der Waals surface area (Å²) >= 11 is 11.7. The van der Waals surface area contributed by atoms with E-state index in [1.807, 2.05) is 0 Å². The van der Waals surface area contributed by atoms with Gasteiger partial charge in [0.2, 0.25) is 0 Å². The van der Waals surface area contributed by atoms with Gasteiger partial charge in [0.25, 0.3) is 0 Å². The zero-order valence-electron chi connectivity index (χ0n) is 12.8. The molecule has 0 aliphatic carbocycles. The molecule has 0 fully saturated rings. The Labute approximate surface area is 137 Å². The molecule has 0 amide bonds. The van der Waals surface area contributed by atoms with Crippen molar-refractivity contribution >= 4 is 23.2 Å². The van der Waals surface area contributed by atoms with Crippen molar-refractivity contribution in [3.63, 3.8) is 0 Å². The molecule has 6 heteroatoms. The largest absolute Gasteiger partial charge is 0.491 e. The second kappa shape index (κ2) is 9.49. The maximum Gasteiger partial charge on any atom is 0.121 e. The van der Waals surface area contributed by atoms with Crippen LogP contribution in [0.15, 0.2) is 18.2 Å². The van der Waals surface area contributed by atoms with Gasteiger partial charge in [-0.05, 0) is 33.0 Å². The molecule has 0 aliphatic rings. The van der Waals surface area contributed by atoms with E-state index in [0.29, 0.717) is 28.4 Å². The fraction of sp³-hybridized carbons (Fsp3) is 0.600. The molecule has 0 saturated carbocycles. The van der Waals surface area contributed by atoms with Crippen molar-refractivity contribution in [2.45, 2.75) is 26.0 Å². The summed E-state index contributed by atoms with van der Waals surface area (Å²) in [4.78, 5) is 2.24. The van der Waals surface area contributed by atoms with E-state index in [1.54, 1.807) is 18.2 Å². The number of ether oxygens (including phenoxy) is 1. The van der Waals surface area contributed by atoms with Gasteiger partial charge in [-0.1, -0.05) is 23.2 Å². The Balaban J connectivity index is 2.19. The molecule has 0 saturated heterocycles. The first kappa shape index (κ1) is 18.5. The van der Waals surface area contributed by atoms with Crippen molar-refractivity contribution in [3.8, 4) is 5.75 Å². The number of nitrogens with one attached hydrogen (secondary N) is 1. The van der Waals surface area contributed by atoms with Gasteiger partial charge in [0.05, 0.1) is 10.0 Å². The third kappa shape index (κ3) is 7.34. The fourth-order valence-corrected chi connectivity index (χ4v) is 1.89. The molecule has 0 spiro atoms. The molecule has 0 aromatic heterocycles. The van der Waals surface area contributed by atoms with Crippen LogP contribution in [0.5, 0.6) is 5.75 Å². The van der Waals surface area contributed by atoms with Gasteiger partial charge in [-0.2, -0.15) is 0 Å². The van der Waals surface area contributed by atoms with Gasteiger partial charge in [0, 0.05) is 31.7 Å². The second-order valence-electron chi connectivity index (χ2n) is 5.32. The number of benzene rings is 1. The number of aliphatic hydroxyl groups excluding tert-OH is 1. The molecule has 1 atom stereocenters. The monoisotopic (exact) mass is 334 g/mol. The van der Waals surface area contributed by atoms with Crippen LogP contribution >= 0.6 is 23.2 Å². The molecule has 21 heavy (non-hydrogen) atoms. The number of aliphatic hydroxyl groups is 1. The highest BCUT2D eigenvalue weighted by molar-refractivity contribution is 6.42. The first-order valence-electron chi connectivity index (χ1n) is 7.07. The molecule has 1 unspecified atom stereocenters. The average Bonchev–Trinajstić information content (AvgIpc) is 2.44. The van der Waals surface area contributed by atoms with Crippen LogP contribution in [-0.4, -0.2) is 55.4 Å². The lowest BCUT2D eigenvalue weighted by molar-refractivity contribution is 0.105. The summed E-state index contributed by atoms with van der Waals surface area (Å²) in [5.74, 6) is 0.600. The van der Waals surface area contributed by atoms with Crippen LogP contribution in [-0.2, 0) is 0 Å². The second-order valence-corrected chi connectivity index (χ2v) is 6.13. The van der Waals surface area contributed by atoms with Crippen molar-refractivity contribution in [2.75, 3.05) is 33.3 Å². The van der Waals surface area contributed by atoms with Gasteiger partial charge in [0.15, 0.2) is 0 Å². The Hall–Kier alpha value is -0.520. The molecule has 1 rings (SSSR count). The molecule has 2 N–H and O–H groups in total. The number of hydrogen-bond donors (Lipinski definition) is 2. The Kier molecular flexibility index (Phi) is 8.37. The van der Waals surface area contributed by atoms with E-state index < -0.39 is 6.10 Å². The fourth-order valence-electron chi connectivity index (χ4n) is 1.60. The smallest absolute Gasteiger partial charge is 0.121 e. The number of rotatable bonds is 9. The van der Waals surface area contributed by atoms with E-state index >= 15 is 0 Å². The van der Waals surface area contributed by atoms with Crippen molar-refractivity contribution in [1.82, 2.24) is 10.2 Å². The van der Waals surface area contributed by atoms with Crippen LogP contribution in [0.2, 0.25) is 10.0 Å². The zero-order chi connectivity index (χ0) is 15.8. The Bertz CT molecular complexity index is 430. The molecule has 4 nitrogen and oxygen atoms in total. The average molecular weight is 335 g/mol. The van der Waals surface area contributed by atoms with E-state index in [4.69, 9.17) is 27.9 Å². The number of nitrogens with zero attached hydrogens (tertiary/aromatic N) is 1. The summed E-state index contributed by atoms with van der Waals surface area (Å²) in [6.45, 7) is 6.79. The van der Waals surface area contributed by atoms with Crippen LogP contribution in [0.4, 0.5) is 0 Å². The predicted octanol–water partition coefficient (Wildman–Crippen LogP) is 2.66. The zero-order valence-corrected chi connectivity index (χ0v) is 14.3. The minimum Gasteiger partial charge on any atom is -0.491 e. The van der Waals surface area contributed by atoms with Crippen molar-refractivity contribution in [1.29, 1.82) is 0 Å². The van der Waals surface area contributed by atoms with Crippen molar-refractivity contribution in [3.05, 3.63) is 28.2 Å². The molecular formula is C15H24Cl2N2O2. The predicted molar refractivity (Wildman–Crippen MR) is 88.6 cm³/mol.